The molecular formula is C15H13ClINO. The lowest BCUT2D eigenvalue weighted by atomic mass is 10.1. The zero-order chi connectivity index (χ0) is 13.8. The number of halogens is 2. The molecule has 0 atom stereocenters. The minimum Gasteiger partial charge on any atom is -0.322 e. The summed E-state index contributed by atoms with van der Waals surface area (Å²) >= 11 is 8.16. The van der Waals surface area contributed by atoms with Gasteiger partial charge in [0.05, 0.1) is 0 Å². The fourth-order valence-corrected chi connectivity index (χ4v) is 2.55. The summed E-state index contributed by atoms with van der Waals surface area (Å²) in [5.74, 6) is -0.140. The van der Waals surface area contributed by atoms with E-state index in [1.165, 1.54) is 0 Å². The van der Waals surface area contributed by atoms with Crippen LogP contribution in [0.1, 0.15) is 22.8 Å². The van der Waals surface area contributed by atoms with E-state index in [1.807, 2.05) is 12.1 Å². The minimum absolute atomic E-state index is 0.140. The summed E-state index contributed by atoms with van der Waals surface area (Å²) in [6, 6.07) is 12.9. The topological polar surface area (TPSA) is 29.1 Å². The lowest BCUT2D eigenvalue weighted by molar-refractivity contribution is 0.102. The minimum atomic E-state index is -0.140. The molecule has 0 heterocycles. The Bertz CT molecular complexity index is 613. The van der Waals surface area contributed by atoms with Crippen molar-refractivity contribution >= 4 is 45.8 Å². The van der Waals surface area contributed by atoms with Crippen molar-refractivity contribution in [2.24, 2.45) is 0 Å². The van der Waals surface area contributed by atoms with Crippen LogP contribution < -0.4 is 5.32 Å². The van der Waals surface area contributed by atoms with Gasteiger partial charge in [0.15, 0.2) is 0 Å². The number of carbonyl (C=O) groups excluding carboxylic acids is 1. The Morgan fingerprint density at radius 2 is 2.05 bits per heavy atom. The van der Waals surface area contributed by atoms with Crippen LogP contribution in [0.2, 0.25) is 5.02 Å². The molecule has 0 spiro atoms. The van der Waals surface area contributed by atoms with Gasteiger partial charge in [-0.25, -0.2) is 0 Å². The van der Waals surface area contributed by atoms with Crippen LogP contribution in [0.25, 0.3) is 0 Å². The lowest BCUT2D eigenvalue weighted by Gasteiger charge is -2.10. The summed E-state index contributed by atoms with van der Waals surface area (Å²) in [4.78, 5) is 12.1. The monoisotopic (exact) mass is 385 g/mol. The second-order valence-corrected chi connectivity index (χ2v) is 5.80. The number of anilines is 1. The van der Waals surface area contributed by atoms with Crippen LogP contribution in [0.4, 0.5) is 5.69 Å². The molecule has 2 aromatic carbocycles. The van der Waals surface area contributed by atoms with Crippen molar-refractivity contribution in [2.75, 3.05) is 5.32 Å². The quantitative estimate of drug-likeness (QED) is 0.758. The SMILES string of the molecule is CCc1cc(I)ccc1NC(=O)c1cccc(Cl)c1. The van der Waals surface area contributed by atoms with E-state index in [2.05, 4.69) is 40.9 Å². The highest BCUT2D eigenvalue weighted by atomic mass is 127. The van der Waals surface area contributed by atoms with Gasteiger partial charge < -0.3 is 5.32 Å². The van der Waals surface area contributed by atoms with Crippen molar-refractivity contribution in [3.05, 3.63) is 62.2 Å². The highest BCUT2D eigenvalue weighted by molar-refractivity contribution is 14.1. The molecular weight excluding hydrogens is 373 g/mol. The zero-order valence-electron chi connectivity index (χ0n) is 10.4. The van der Waals surface area contributed by atoms with Gasteiger partial charge in [0.25, 0.3) is 5.91 Å². The Labute approximate surface area is 131 Å². The summed E-state index contributed by atoms with van der Waals surface area (Å²) < 4.78 is 1.16. The van der Waals surface area contributed by atoms with E-state index in [-0.39, 0.29) is 5.91 Å². The Morgan fingerprint density at radius 1 is 1.26 bits per heavy atom. The molecule has 0 saturated carbocycles. The van der Waals surface area contributed by atoms with E-state index < -0.39 is 0 Å². The lowest BCUT2D eigenvalue weighted by Crippen LogP contribution is -2.13. The molecule has 4 heteroatoms. The maximum atomic E-state index is 12.1. The third kappa shape index (κ3) is 3.70. The second kappa shape index (κ2) is 6.39. The molecule has 0 aliphatic carbocycles. The number of hydrogen-bond donors (Lipinski definition) is 1. The van der Waals surface area contributed by atoms with Crippen molar-refractivity contribution in [3.8, 4) is 0 Å². The molecule has 1 amide bonds. The van der Waals surface area contributed by atoms with Crippen molar-refractivity contribution < 1.29 is 4.79 Å². The maximum absolute atomic E-state index is 12.1. The standard InChI is InChI=1S/C15H13ClINO/c1-2-10-9-13(17)6-7-14(10)18-15(19)11-4-3-5-12(16)8-11/h3-9H,2H2,1H3,(H,18,19). The Morgan fingerprint density at radius 3 is 2.74 bits per heavy atom. The fraction of sp³-hybridized carbons (Fsp3) is 0.133. The Kier molecular flexibility index (Phi) is 4.82. The number of rotatable bonds is 3. The van der Waals surface area contributed by atoms with E-state index in [1.54, 1.807) is 24.3 Å². The molecule has 98 valence electrons. The van der Waals surface area contributed by atoms with Gasteiger partial charge in [0, 0.05) is 19.8 Å². The maximum Gasteiger partial charge on any atom is 0.255 e. The van der Waals surface area contributed by atoms with Gasteiger partial charge in [-0.15, -0.1) is 0 Å². The highest BCUT2D eigenvalue weighted by Crippen LogP contribution is 2.20. The van der Waals surface area contributed by atoms with Crippen molar-refractivity contribution in [2.45, 2.75) is 13.3 Å². The van der Waals surface area contributed by atoms with Gasteiger partial charge in [-0.1, -0.05) is 24.6 Å². The molecule has 0 radical (unpaired) electrons. The van der Waals surface area contributed by atoms with Gasteiger partial charge in [0.2, 0.25) is 0 Å². The first kappa shape index (κ1) is 14.3. The number of carbonyl (C=O) groups is 1. The molecule has 0 aromatic heterocycles. The summed E-state index contributed by atoms with van der Waals surface area (Å²) in [5, 5.41) is 3.49. The normalized spacial score (nSPS) is 10.3. The summed E-state index contributed by atoms with van der Waals surface area (Å²) in [6.07, 6.45) is 0.877. The van der Waals surface area contributed by atoms with Crippen molar-refractivity contribution in [3.63, 3.8) is 0 Å². The van der Waals surface area contributed by atoms with Gasteiger partial charge in [-0.05, 0) is 71.0 Å². The summed E-state index contributed by atoms with van der Waals surface area (Å²) in [7, 11) is 0. The molecule has 0 aliphatic heterocycles. The third-order valence-electron chi connectivity index (χ3n) is 2.78. The largest absolute Gasteiger partial charge is 0.322 e. The van der Waals surface area contributed by atoms with Crippen LogP contribution in [-0.4, -0.2) is 5.91 Å². The molecule has 2 aromatic rings. The van der Waals surface area contributed by atoms with Crippen molar-refractivity contribution in [1.82, 2.24) is 0 Å². The van der Waals surface area contributed by atoms with E-state index in [9.17, 15) is 4.79 Å². The molecule has 0 aliphatic rings. The predicted molar refractivity (Wildman–Crippen MR) is 87.9 cm³/mol. The predicted octanol–water partition coefficient (Wildman–Crippen LogP) is 4.76. The van der Waals surface area contributed by atoms with Crippen LogP contribution >= 0.6 is 34.2 Å². The third-order valence-corrected chi connectivity index (χ3v) is 3.69. The van der Waals surface area contributed by atoms with Crippen LogP contribution in [0.5, 0.6) is 0 Å². The first-order valence-corrected chi connectivity index (χ1v) is 7.41. The molecule has 2 nitrogen and oxygen atoms in total. The average Bonchev–Trinajstić information content (AvgIpc) is 2.40. The first-order chi connectivity index (χ1) is 9.10. The van der Waals surface area contributed by atoms with Gasteiger partial charge in [0.1, 0.15) is 0 Å². The van der Waals surface area contributed by atoms with Gasteiger partial charge >= 0.3 is 0 Å². The summed E-state index contributed by atoms with van der Waals surface area (Å²) in [5.41, 5.74) is 2.54. The molecule has 1 N–H and O–H groups in total. The van der Waals surface area contributed by atoms with Crippen LogP contribution in [0.3, 0.4) is 0 Å². The first-order valence-electron chi connectivity index (χ1n) is 5.95. The van der Waals surface area contributed by atoms with E-state index in [0.29, 0.717) is 10.6 Å². The van der Waals surface area contributed by atoms with E-state index in [4.69, 9.17) is 11.6 Å². The number of amides is 1. The fourth-order valence-electron chi connectivity index (χ4n) is 1.80. The van der Waals surface area contributed by atoms with E-state index in [0.717, 1.165) is 21.2 Å². The number of hydrogen-bond acceptors (Lipinski definition) is 1. The van der Waals surface area contributed by atoms with Crippen LogP contribution in [-0.2, 0) is 6.42 Å². The number of aryl methyl sites for hydroxylation is 1. The summed E-state index contributed by atoms with van der Waals surface area (Å²) in [6.45, 7) is 2.07. The molecule has 0 saturated heterocycles. The molecule has 2 rings (SSSR count). The molecule has 0 bridgehead atoms. The molecule has 0 fully saturated rings. The Balaban J connectivity index is 2.24. The van der Waals surface area contributed by atoms with Crippen LogP contribution in [0.15, 0.2) is 42.5 Å². The highest BCUT2D eigenvalue weighted by Gasteiger charge is 2.09. The number of nitrogens with one attached hydrogen (secondary N) is 1. The van der Waals surface area contributed by atoms with Crippen LogP contribution in [0, 0.1) is 3.57 Å². The molecule has 0 unspecified atom stereocenters. The number of benzene rings is 2. The molecule has 19 heavy (non-hydrogen) atoms. The zero-order valence-corrected chi connectivity index (χ0v) is 13.3. The van der Waals surface area contributed by atoms with E-state index >= 15 is 0 Å². The Hall–Kier alpha value is -1.07. The van der Waals surface area contributed by atoms with Gasteiger partial charge in [-0.2, -0.15) is 0 Å². The van der Waals surface area contributed by atoms with Gasteiger partial charge in [-0.3, -0.25) is 4.79 Å². The van der Waals surface area contributed by atoms with Crippen molar-refractivity contribution in [1.29, 1.82) is 0 Å². The second-order valence-electron chi connectivity index (χ2n) is 4.12. The average molecular weight is 386 g/mol. The smallest absolute Gasteiger partial charge is 0.255 e.